The van der Waals surface area contributed by atoms with E-state index in [1.54, 1.807) is 12.4 Å². The first-order valence-corrected chi connectivity index (χ1v) is 6.75. The Labute approximate surface area is 120 Å². The van der Waals surface area contributed by atoms with Crippen molar-refractivity contribution < 1.29 is 13.2 Å². The monoisotopic (exact) mass is 293 g/mol. The van der Waals surface area contributed by atoms with Gasteiger partial charge in [0.15, 0.2) is 0 Å². The number of pyridine rings is 2. The van der Waals surface area contributed by atoms with Crippen LogP contribution in [0.2, 0.25) is 0 Å². The van der Waals surface area contributed by atoms with Gasteiger partial charge in [-0.1, -0.05) is 0 Å². The molecule has 110 valence electrons. The van der Waals surface area contributed by atoms with Crippen molar-refractivity contribution in [2.75, 3.05) is 11.4 Å². The van der Waals surface area contributed by atoms with Crippen LogP contribution in [-0.4, -0.2) is 16.5 Å². The number of nitrogens with zero attached hydrogens (tertiary/aromatic N) is 3. The highest BCUT2D eigenvalue weighted by molar-refractivity contribution is 5.44. The predicted octanol–water partition coefficient (Wildman–Crippen LogP) is 3.84. The Hall–Kier alpha value is -2.11. The third-order valence-electron chi connectivity index (χ3n) is 3.71. The quantitative estimate of drug-likeness (QED) is 0.842. The Morgan fingerprint density at radius 2 is 1.86 bits per heavy atom. The second kappa shape index (κ2) is 5.35. The molecule has 1 aliphatic rings. The van der Waals surface area contributed by atoms with Gasteiger partial charge in [0.2, 0.25) is 0 Å². The van der Waals surface area contributed by atoms with Gasteiger partial charge in [-0.2, -0.15) is 13.2 Å². The summed E-state index contributed by atoms with van der Waals surface area (Å²) in [5.74, 6) is 0.585. The number of halogens is 3. The molecule has 1 aliphatic heterocycles. The summed E-state index contributed by atoms with van der Waals surface area (Å²) in [5, 5.41) is 0. The molecule has 0 amide bonds. The second-order valence-electron chi connectivity index (χ2n) is 5.03. The molecule has 2 aromatic heterocycles. The van der Waals surface area contributed by atoms with Crippen molar-refractivity contribution in [3.8, 4) is 0 Å². The van der Waals surface area contributed by atoms with Gasteiger partial charge in [0, 0.05) is 25.1 Å². The fourth-order valence-electron chi connectivity index (χ4n) is 2.70. The molecule has 3 heterocycles. The van der Waals surface area contributed by atoms with Crippen LogP contribution < -0.4 is 4.90 Å². The number of anilines is 1. The fraction of sp³-hybridized carbons (Fsp3) is 0.333. The Bertz CT molecular complexity index is 596. The zero-order valence-corrected chi connectivity index (χ0v) is 11.2. The summed E-state index contributed by atoms with van der Waals surface area (Å²) >= 11 is 0. The molecule has 1 fully saturated rings. The third-order valence-corrected chi connectivity index (χ3v) is 3.71. The van der Waals surface area contributed by atoms with E-state index in [1.165, 1.54) is 6.07 Å². The highest BCUT2D eigenvalue weighted by atomic mass is 19.4. The first kappa shape index (κ1) is 13.9. The average Bonchev–Trinajstić information content (AvgIpc) is 2.97. The van der Waals surface area contributed by atoms with Crippen molar-refractivity contribution >= 4 is 5.82 Å². The number of hydrogen-bond acceptors (Lipinski definition) is 3. The Morgan fingerprint density at radius 3 is 2.48 bits per heavy atom. The van der Waals surface area contributed by atoms with Gasteiger partial charge in [0.25, 0.3) is 0 Å². The van der Waals surface area contributed by atoms with Crippen molar-refractivity contribution in [2.45, 2.75) is 25.1 Å². The summed E-state index contributed by atoms with van der Waals surface area (Å²) in [6.45, 7) is 0.797. The summed E-state index contributed by atoms with van der Waals surface area (Å²) < 4.78 is 37.7. The zero-order chi connectivity index (χ0) is 14.9. The van der Waals surface area contributed by atoms with E-state index in [9.17, 15) is 13.2 Å². The third kappa shape index (κ3) is 2.84. The largest absolute Gasteiger partial charge is 0.417 e. The minimum absolute atomic E-state index is 0.150. The molecule has 1 saturated heterocycles. The summed E-state index contributed by atoms with van der Waals surface area (Å²) in [5.41, 5.74) is 0.398. The SMILES string of the molecule is FC(F)(F)c1ccc(N2CCCC2c2ccncc2)nc1. The van der Waals surface area contributed by atoms with Crippen LogP contribution in [0.3, 0.4) is 0 Å². The minimum atomic E-state index is -4.35. The van der Waals surface area contributed by atoms with Crippen molar-refractivity contribution in [2.24, 2.45) is 0 Å². The summed E-state index contributed by atoms with van der Waals surface area (Å²) in [6, 6.07) is 6.56. The normalized spacial score (nSPS) is 19.0. The van der Waals surface area contributed by atoms with Crippen LogP contribution in [-0.2, 0) is 6.18 Å². The van der Waals surface area contributed by atoms with E-state index in [-0.39, 0.29) is 6.04 Å². The highest BCUT2D eigenvalue weighted by Gasteiger charge is 2.32. The van der Waals surface area contributed by atoms with Gasteiger partial charge in [-0.15, -0.1) is 0 Å². The topological polar surface area (TPSA) is 29.0 Å². The predicted molar refractivity (Wildman–Crippen MR) is 72.8 cm³/mol. The van der Waals surface area contributed by atoms with Gasteiger partial charge in [-0.25, -0.2) is 4.98 Å². The van der Waals surface area contributed by atoms with Gasteiger partial charge in [0.05, 0.1) is 11.6 Å². The van der Waals surface area contributed by atoms with Crippen molar-refractivity contribution in [1.82, 2.24) is 9.97 Å². The van der Waals surface area contributed by atoms with Gasteiger partial charge in [-0.05, 0) is 42.7 Å². The van der Waals surface area contributed by atoms with E-state index in [0.29, 0.717) is 5.82 Å². The Morgan fingerprint density at radius 1 is 1.10 bits per heavy atom. The maximum Gasteiger partial charge on any atom is 0.417 e. The standard InChI is InChI=1S/C15H14F3N3/c16-15(17,18)12-3-4-14(20-10-12)21-9-1-2-13(21)11-5-7-19-8-6-11/h3-8,10,13H,1-2,9H2. The Balaban J connectivity index is 1.86. The van der Waals surface area contributed by atoms with Crippen LogP contribution in [0.4, 0.5) is 19.0 Å². The van der Waals surface area contributed by atoms with E-state index in [4.69, 9.17) is 0 Å². The smallest absolute Gasteiger partial charge is 0.350 e. The van der Waals surface area contributed by atoms with E-state index in [1.807, 2.05) is 12.1 Å². The minimum Gasteiger partial charge on any atom is -0.350 e. The summed E-state index contributed by atoms with van der Waals surface area (Å²) in [4.78, 5) is 10.0. The van der Waals surface area contributed by atoms with Crippen molar-refractivity contribution in [3.63, 3.8) is 0 Å². The molecule has 0 aromatic carbocycles. The summed E-state index contributed by atoms with van der Waals surface area (Å²) in [7, 11) is 0. The van der Waals surface area contributed by atoms with E-state index >= 15 is 0 Å². The molecule has 1 unspecified atom stereocenters. The van der Waals surface area contributed by atoms with Crippen LogP contribution in [0.1, 0.15) is 30.0 Å². The molecule has 0 aliphatic carbocycles. The lowest BCUT2D eigenvalue weighted by atomic mass is 10.1. The van der Waals surface area contributed by atoms with Crippen molar-refractivity contribution in [1.29, 1.82) is 0 Å². The molecule has 2 aromatic rings. The van der Waals surface area contributed by atoms with E-state index in [0.717, 1.165) is 37.2 Å². The van der Waals surface area contributed by atoms with Gasteiger partial charge < -0.3 is 4.90 Å². The lowest BCUT2D eigenvalue weighted by molar-refractivity contribution is -0.137. The molecule has 6 heteroatoms. The highest BCUT2D eigenvalue weighted by Crippen LogP contribution is 2.36. The van der Waals surface area contributed by atoms with Gasteiger partial charge in [0.1, 0.15) is 5.82 Å². The number of alkyl halides is 3. The maximum atomic E-state index is 12.6. The molecule has 0 saturated carbocycles. The second-order valence-corrected chi connectivity index (χ2v) is 5.03. The molecule has 0 bridgehead atoms. The molecule has 0 N–H and O–H groups in total. The molecule has 21 heavy (non-hydrogen) atoms. The van der Waals surface area contributed by atoms with Crippen LogP contribution in [0.15, 0.2) is 42.9 Å². The lowest BCUT2D eigenvalue weighted by Crippen LogP contribution is -2.23. The summed E-state index contributed by atoms with van der Waals surface area (Å²) in [6.07, 6.45) is 1.97. The Kier molecular flexibility index (Phi) is 3.53. The van der Waals surface area contributed by atoms with E-state index < -0.39 is 11.7 Å². The lowest BCUT2D eigenvalue weighted by Gasteiger charge is -2.26. The molecule has 0 radical (unpaired) electrons. The number of aromatic nitrogens is 2. The van der Waals surface area contributed by atoms with Crippen molar-refractivity contribution in [3.05, 3.63) is 54.0 Å². The van der Waals surface area contributed by atoms with Gasteiger partial charge >= 0.3 is 6.18 Å². The van der Waals surface area contributed by atoms with Crippen LogP contribution in [0.5, 0.6) is 0 Å². The molecular formula is C15H14F3N3. The van der Waals surface area contributed by atoms with Crippen LogP contribution in [0, 0.1) is 0 Å². The molecule has 0 spiro atoms. The number of hydrogen-bond donors (Lipinski definition) is 0. The van der Waals surface area contributed by atoms with Crippen LogP contribution >= 0.6 is 0 Å². The van der Waals surface area contributed by atoms with Gasteiger partial charge in [-0.3, -0.25) is 4.98 Å². The zero-order valence-electron chi connectivity index (χ0n) is 11.2. The van der Waals surface area contributed by atoms with E-state index in [2.05, 4.69) is 14.9 Å². The molecule has 3 nitrogen and oxygen atoms in total. The first-order valence-electron chi connectivity index (χ1n) is 6.75. The van der Waals surface area contributed by atoms with Crippen LogP contribution in [0.25, 0.3) is 0 Å². The average molecular weight is 293 g/mol. The first-order chi connectivity index (χ1) is 10.1. The molecule has 1 atom stereocenters. The maximum absolute atomic E-state index is 12.6. The molecular weight excluding hydrogens is 279 g/mol. The number of rotatable bonds is 2. The molecule has 3 rings (SSSR count). The fourth-order valence-corrected chi connectivity index (χ4v) is 2.70.